The van der Waals surface area contributed by atoms with E-state index >= 15 is 0 Å². The molecule has 0 aliphatic rings. The molecule has 23 heavy (non-hydrogen) atoms. The number of hydrogen-bond donors (Lipinski definition) is 2. The van der Waals surface area contributed by atoms with Crippen LogP contribution in [0.3, 0.4) is 0 Å². The van der Waals surface area contributed by atoms with Gasteiger partial charge in [0.25, 0.3) is 0 Å². The lowest BCUT2D eigenvalue weighted by Crippen LogP contribution is -2.37. The number of nitrogens with zero attached hydrogens (tertiary/aromatic N) is 2. The zero-order valence-corrected chi connectivity index (χ0v) is 16.4. The summed E-state index contributed by atoms with van der Waals surface area (Å²) in [5, 5.41) is 0. The largest absolute Gasteiger partial charge is 0.374 e. The molecule has 0 saturated carbocycles. The van der Waals surface area contributed by atoms with Crippen LogP contribution in [0.2, 0.25) is 0 Å². The van der Waals surface area contributed by atoms with Crippen molar-refractivity contribution in [2.24, 2.45) is 23.3 Å². The predicted molar refractivity (Wildman–Crippen MR) is 101 cm³/mol. The molecule has 5 nitrogen and oxygen atoms in total. The van der Waals surface area contributed by atoms with Gasteiger partial charge in [0.2, 0.25) is 0 Å². The minimum atomic E-state index is 0.235. The van der Waals surface area contributed by atoms with E-state index in [0.717, 1.165) is 38.8 Å². The van der Waals surface area contributed by atoms with Crippen LogP contribution in [-0.4, -0.2) is 76.4 Å². The first-order valence-electron chi connectivity index (χ1n) is 9.16. The molecule has 140 valence electrons. The normalized spacial score (nSPS) is 17.5. The molecule has 0 aliphatic heterocycles. The van der Waals surface area contributed by atoms with Crippen molar-refractivity contribution in [3.8, 4) is 0 Å². The standard InChI is InChI=1S/C18H42N4O/c1-15(13-19)17(9-7-11-21(3)4)23-18(16(2)14-20)10-8-12-22(5)6/h15-18H,7-14,19-20H2,1-6H3. The third kappa shape index (κ3) is 11.1. The predicted octanol–water partition coefficient (Wildman–Crippen LogP) is 1.61. The highest BCUT2D eigenvalue weighted by Gasteiger charge is 2.24. The molecule has 0 bridgehead atoms. The summed E-state index contributed by atoms with van der Waals surface area (Å²) in [5.41, 5.74) is 11.8. The molecule has 0 aromatic rings. The van der Waals surface area contributed by atoms with Crippen molar-refractivity contribution in [3.05, 3.63) is 0 Å². The van der Waals surface area contributed by atoms with Crippen LogP contribution in [0.15, 0.2) is 0 Å². The Hall–Kier alpha value is -0.200. The Morgan fingerprint density at radius 1 is 0.739 bits per heavy atom. The summed E-state index contributed by atoms with van der Waals surface area (Å²) >= 11 is 0. The van der Waals surface area contributed by atoms with Crippen LogP contribution in [0, 0.1) is 11.8 Å². The van der Waals surface area contributed by atoms with Crippen LogP contribution in [0.25, 0.3) is 0 Å². The van der Waals surface area contributed by atoms with Crippen molar-refractivity contribution in [3.63, 3.8) is 0 Å². The molecule has 0 saturated heterocycles. The van der Waals surface area contributed by atoms with Crippen molar-refractivity contribution >= 4 is 0 Å². The van der Waals surface area contributed by atoms with Crippen LogP contribution >= 0.6 is 0 Å². The lowest BCUT2D eigenvalue weighted by molar-refractivity contribution is -0.0684. The zero-order valence-electron chi connectivity index (χ0n) is 16.4. The number of ether oxygens (including phenoxy) is 1. The van der Waals surface area contributed by atoms with E-state index < -0.39 is 0 Å². The van der Waals surface area contributed by atoms with Gasteiger partial charge in [0.1, 0.15) is 0 Å². The van der Waals surface area contributed by atoms with Gasteiger partial charge in [-0.1, -0.05) is 13.8 Å². The maximum Gasteiger partial charge on any atom is 0.0617 e. The number of nitrogens with two attached hydrogens (primary N) is 2. The minimum absolute atomic E-state index is 0.235. The fourth-order valence-electron chi connectivity index (χ4n) is 2.72. The Morgan fingerprint density at radius 3 is 1.35 bits per heavy atom. The van der Waals surface area contributed by atoms with E-state index in [1.807, 2.05) is 0 Å². The Kier molecular flexibility index (Phi) is 13.0. The quantitative estimate of drug-likeness (QED) is 0.506. The Balaban J connectivity index is 4.61. The molecule has 4 N–H and O–H groups in total. The molecular formula is C18H42N4O. The van der Waals surface area contributed by atoms with Gasteiger partial charge in [-0.2, -0.15) is 0 Å². The Morgan fingerprint density at radius 2 is 1.09 bits per heavy atom. The molecule has 5 heteroatoms. The SMILES string of the molecule is CC(CN)C(CCCN(C)C)OC(CCCN(C)C)C(C)CN. The van der Waals surface area contributed by atoms with Crippen molar-refractivity contribution in [2.75, 3.05) is 54.4 Å². The third-order valence-corrected chi connectivity index (χ3v) is 4.55. The molecule has 0 radical (unpaired) electrons. The summed E-state index contributed by atoms with van der Waals surface area (Å²) in [6, 6.07) is 0. The van der Waals surface area contributed by atoms with Crippen LogP contribution in [0.4, 0.5) is 0 Å². The van der Waals surface area contributed by atoms with Gasteiger partial charge < -0.3 is 26.0 Å². The monoisotopic (exact) mass is 330 g/mol. The first kappa shape index (κ1) is 22.8. The highest BCUT2D eigenvalue weighted by atomic mass is 16.5. The molecule has 0 aliphatic carbocycles. The van der Waals surface area contributed by atoms with Gasteiger partial charge >= 0.3 is 0 Å². The van der Waals surface area contributed by atoms with Gasteiger partial charge in [-0.25, -0.2) is 0 Å². The van der Waals surface area contributed by atoms with E-state index in [0.29, 0.717) is 24.9 Å². The van der Waals surface area contributed by atoms with E-state index in [4.69, 9.17) is 16.2 Å². The van der Waals surface area contributed by atoms with Gasteiger partial charge in [-0.3, -0.25) is 0 Å². The summed E-state index contributed by atoms with van der Waals surface area (Å²) in [7, 11) is 8.46. The average Bonchev–Trinajstić information content (AvgIpc) is 2.50. The van der Waals surface area contributed by atoms with Gasteiger partial charge in [0.15, 0.2) is 0 Å². The van der Waals surface area contributed by atoms with E-state index in [9.17, 15) is 0 Å². The molecule has 0 rings (SSSR count). The van der Waals surface area contributed by atoms with Crippen LogP contribution in [0.1, 0.15) is 39.5 Å². The van der Waals surface area contributed by atoms with E-state index in [1.165, 1.54) is 0 Å². The van der Waals surface area contributed by atoms with Crippen molar-refractivity contribution < 1.29 is 4.74 Å². The Labute approximate surface area is 144 Å². The summed E-state index contributed by atoms with van der Waals surface area (Å²) in [6.45, 7) is 7.93. The molecule has 4 atom stereocenters. The van der Waals surface area contributed by atoms with Crippen LogP contribution < -0.4 is 11.5 Å². The van der Waals surface area contributed by atoms with Crippen molar-refractivity contribution in [2.45, 2.75) is 51.7 Å². The molecule has 0 spiro atoms. The third-order valence-electron chi connectivity index (χ3n) is 4.55. The summed E-state index contributed by atoms with van der Waals surface area (Å²) in [6.07, 6.45) is 4.89. The van der Waals surface area contributed by atoms with Gasteiger partial charge in [0, 0.05) is 0 Å². The molecule has 0 heterocycles. The van der Waals surface area contributed by atoms with Crippen LogP contribution in [0.5, 0.6) is 0 Å². The van der Waals surface area contributed by atoms with Crippen molar-refractivity contribution in [1.82, 2.24) is 9.80 Å². The second-order valence-electron chi connectivity index (χ2n) is 7.53. The van der Waals surface area contributed by atoms with Crippen LogP contribution in [-0.2, 0) is 4.74 Å². The second kappa shape index (κ2) is 13.1. The first-order chi connectivity index (χ1) is 10.8. The highest BCUT2D eigenvalue weighted by molar-refractivity contribution is 4.75. The topological polar surface area (TPSA) is 67.8 Å². The maximum absolute atomic E-state index is 6.52. The smallest absolute Gasteiger partial charge is 0.0617 e. The zero-order chi connectivity index (χ0) is 17.8. The fourth-order valence-corrected chi connectivity index (χ4v) is 2.72. The van der Waals surface area contributed by atoms with Crippen molar-refractivity contribution in [1.29, 1.82) is 0 Å². The number of hydrogen-bond acceptors (Lipinski definition) is 5. The minimum Gasteiger partial charge on any atom is -0.374 e. The fraction of sp³-hybridized carbons (Fsp3) is 1.00. The second-order valence-corrected chi connectivity index (χ2v) is 7.53. The molecule has 0 fully saturated rings. The highest BCUT2D eigenvalue weighted by Crippen LogP contribution is 2.21. The molecule has 0 aromatic heterocycles. The maximum atomic E-state index is 6.52. The summed E-state index contributed by atoms with van der Waals surface area (Å²) in [4.78, 5) is 4.45. The van der Waals surface area contributed by atoms with Gasteiger partial charge in [-0.15, -0.1) is 0 Å². The summed E-state index contributed by atoms with van der Waals surface area (Å²) < 4.78 is 6.52. The van der Waals surface area contributed by atoms with Gasteiger partial charge in [0.05, 0.1) is 12.2 Å². The summed E-state index contributed by atoms with van der Waals surface area (Å²) in [5.74, 6) is 0.775. The molecular weight excluding hydrogens is 288 g/mol. The lowest BCUT2D eigenvalue weighted by atomic mass is 9.96. The molecule has 0 aromatic carbocycles. The average molecular weight is 331 g/mol. The van der Waals surface area contributed by atoms with E-state index in [1.54, 1.807) is 0 Å². The van der Waals surface area contributed by atoms with E-state index in [2.05, 4.69) is 51.8 Å². The van der Waals surface area contributed by atoms with E-state index in [-0.39, 0.29) is 12.2 Å². The van der Waals surface area contributed by atoms with Gasteiger partial charge in [-0.05, 0) is 91.9 Å². The lowest BCUT2D eigenvalue weighted by Gasteiger charge is -2.32. The molecule has 4 unspecified atom stereocenters. The Bertz CT molecular complexity index is 248. The first-order valence-corrected chi connectivity index (χ1v) is 9.16. The number of rotatable bonds is 14. The molecule has 0 amide bonds.